The molecule has 2 unspecified atom stereocenters. The Balaban J connectivity index is 1.43. The Morgan fingerprint density at radius 3 is 2.61 bits per heavy atom. The Labute approximate surface area is 255 Å². The summed E-state index contributed by atoms with van der Waals surface area (Å²) >= 11 is 0. The van der Waals surface area contributed by atoms with E-state index in [4.69, 9.17) is 19.2 Å². The molecule has 0 spiro atoms. The molecule has 3 aromatic heterocycles. The fourth-order valence-electron chi connectivity index (χ4n) is 5.83. The minimum atomic E-state index is -1.23. The van der Waals surface area contributed by atoms with Crippen molar-refractivity contribution in [1.82, 2.24) is 23.7 Å². The zero-order valence-corrected chi connectivity index (χ0v) is 25.6. The molecule has 234 valence electrons. The highest BCUT2D eigenvalue weighted by Gasteiger charge is 2.51. The van der Waals surface area contributed by atoms with Gasteiger partial charge in [-0.2, -0.15) is 0 Å². The Morgan fingerprint density at radius 2 is 1.91 bits per heavy atom. The van der Waals surface area contributed by atoms with Crippen LogP contribution in [0.25, 0.3) is 22.6 Å². The van der Waals surface area contributed by atoms with Crippen molar-refractivity contribution in [2.24, 2.45) is 5.92 Å². The summed E-state index contributed by atoms with van der Waals surface area (Å²) in [6.45, 7) is 7.16. The fourth-order valence-corrected chi connectivity index (χ4v) is 5.83. The first-order valence-corrected chi connectivity index (χ1v) is 15.5. The topological polar surface area (TPSA) is 102 Å². The average Bonchev–Trinajstić information content (AvgIpc) is 3.47. The highest BCUT2D eigenvalue weighted by atomic mass is 19.1. The SMILES string of the molecule is CC(C)n1c(=O)n(CCCOC2CCCCO2)c(=O)c2c1nc(-c1cccnc1OC[C@H]1CC1(C)F)n2Cc1ccccc1. The molecule has 4 heterocycles. The van der Waals surface area contributed by atoms with Crippen molar-refractivity contribution < 1.29 is 18.6 Å². The van der Waals surface area contributed by atoms with E-state index < -0.39 is 16.9 Å². The van der Waals surface area contributed by atoms with Crippen LogP contribution in [-0.2, 0) is 22.6 Å². The van der Waals surface area contributed by atoms with Crippen LogP contribution >= 0.6 is 0 Å². The number of imidazole rings is 1. The fraction of sp³-hybridized carbons (Fsp3) is 0.515. The Kier molecular flexibility index (Phi) is 8.68. The van der Waals surface area contributed by atoms with Gasteiger partial charge in [0.2, 0.25) is 5.88 Å². The predicted molar refractivity (Wildman–Crippen MR) is 165 cm³/mol. The standard InChI is InChI=1S/C33H40FN5O5/c1-22(2)39-29-27(31(40)37(32(39)41)16-10-18-43-26-14-7-8-17-42-26)38(20-23-11-5-4-6-12-23)28(36-29)25-13-9-15-35-30(25)44-21-24-19-33(24,3)34/h4-6,9,11-13,15,22,24,26H,7-8,10,14,16-21H2,1-3H3/t24-,26?,33?/m1/s1. The molecule has 2 fully saturated rings. The van der Waals surface area contributed by atoms with E-state index in [2.05, 4.69) is 4.98 Å². The number of benzene rings is 1. The lowest BCUT2D eigenvalue weighted by Gasteiger charge is -2.22. The summed E-state index contributed by atoms with van der Waals surface area (Å²) in [6.07, 6.45) is 5.25. The van der Waals surface area contributed by atoms with Crippen LogP contribution in [0.1, 0.15) is 64.5 Å². The molecular weight excluding hydrogens is 565 g/mol. The summed E-state index contributed by atoms with van der Waals surface area (Å²) in [6, 6.07) is 13.1. The van der Waals surface area contributed by atoms with Gasteiger partial charge < -0.3 is 18.8 Å². The minimum Gasteiger partial charge on any atom is -0.477 e. The Bertz CT molecular complexity index is 1720. The summed E-state index contributed by atoms with van der Waals surface area (Å²) < 4.78 is 36.6. The zero-order chi connectivity index (χ0) is 30.8. The van der Waals surface area contributed by atoms with Crippen LogP contribution in [0.2, 0.25) is 0 Å². The maximum absolute atomic E-state index is 14.3. The van der Waals surface area contributed by atoms with Gasteiger partial charge in [-0.25, -0.2) is 19.2 Å². The number of hydrogen-bond acceptors (Lipinski definition) is 7. The largest absolute Gasteiger partial charge is 0.477 e. The van der Waals surface area contributed by atoms with Gasteiger partial charge in [0.05, 0.1) is 18.8 Å². The summed E-state index contributed by atoms with van der Waals surface area (Å²) in [7, 11) is 0. The second-order valence-electron chi connectivity index (χ2n) is 12.2. The molecule has 1 saturated carbocycles. The van der Waals surface area contributed by atoms with Crippen molar-refractivity contribution in [3.8, 4) is 17.3 Å². The zero-order valence-electron chi connectivity index (χ0n) is 25.6. The molecule has 0 amide bonds. The number of halogens is 1. The van der Waals surface area contributed by atoms with Crippen LogP contribution in [0.3, 0.4) is 0 Å². The molecule has 0 N–H and O–H groups in total. The van der Waals surface area contributed by atoms with Gasteiger partial charge in [0.1, 0.15) is 11.5 Å². The molecule has 2 aliphatic rings. The molecule has 44 heavy (non-hydrogen) atoms. The van der Waals surface area contributed by atoms with E-state index in [9.17, 15) is 14.0 Å². The number of alkyl halides is 1. The van der Waals surface area contributed by atoms with Gasteiger partial charge in [0, 0.05) is 37.9 Å². The number of fused-ring (bicyclic) bond motifs is 1. The molecule has 3 atom stereocenters. The van der Waals surface area contributed by atoms with Crippen molar-refractivity contribution in [2.75, 3.05) is 19.8 Å². The van der Waals surface area contributed by atoms with Crippen LogP contribution in [0.15, 0.2) is 58.3 Å². The van der Waals surface area contributed by atoms with E-state index in [1.54, 1.807) is 23.8 Å². The normalized spacial score (nSPS) is 21.7. The highest BCUT2D eigenvalue weighted by molar-refractivity contribution is 5.78. The first-order chi connectivity index (χ1) is 21.2. The van der Waals surface area contributed by atoms with Crippen molar-refractivity contribution in [1.29, 1.82) is 0 Å². The monoisotopic (exact) mass is 605 g/mol. The molecule has 0 bridgehead atoms. The van der Waals surface area contributed by atoms with Crippen LogP contribution in [0, 0.1) is 5.92 Å². The van der Waals surface area contributed by atoms with E-state index in [0.717, 1.165) is 24.8 Å². The maximum atomic E-state index is 14.3. The lowest BCUT2D eigenvalue weighted by molar-refractivity contribution is -0.163. The van der Waals surface area contributed by atoms with E-state index in [-0.39, 0.29) is 31.4 Å². The van der Waals surface area contributed by atoms with Crippen molar-refractivity contribution >= 4 is 11.2 Å². The smallest absolute Gasteiger partial charge is 0.332 e. The summed E-state index contributed by atoms with van der Waals surface area (Å²) in [5.74, 6) is 0.556. The molecule has 1 aliphatic carbocycles. The third kappa shape index (κ3) is 6.21. The lowest BCUT2D eigenvalue weighted by Crippen LogP contribution is -2.41. The van der Waals surface area contributed by atoms with Gasteiger partial charge in [-0.3, -0.25) is 13.9 Å². The summed E-state index contributed by atoms with van der Waals surface area (Å²) in [5.41, 5.74) is 0.0842. The molecule has 4 aromatic rings. The molecule has 10 nitrogen and oxygen atoms in total. The van der Waals surface area contributed by atoms with Crippen molar-refractivity contribution in [3.05, 3.63) is 75.1 Å². The minimum absolute atomic E-state index is 0.188. The predicted octanol–water partition coefficient (Wildman–Crippen LogP) is 5.11. The number of ether oxygens (including phenoxy) is 3. The number of aromatic nitrogens is 5. The van der Waals surface area contributed by atoms with Gasteiger partial charge in [-0.05, 0) is 70.6 Å². The van der Waals surface area contributed by atoms with Crippen molar-refractivity contribution in [2.45, 2.75) is 84.0 Å². The van der Waals surface area contributed by atoms with Crippen LogP contribution < -0.4 is 16.0 Å². The highest BCUT2D eigenvalue weighted by Crippen LogP contribution is 2.47. The molecule has 0 radical (unpaired) electrons. The van der Waals surface area contributed by atoms with E-state index >= 15 is 0 Å². The molecule has 11 heteroatoms. The quantitative estimate of drug-likeness (QED) is 0.207. The first kappa shape index (κ1) is 30.2. The maximum Gasteiger partial charge on any atom is 0.332 e. The Hall–Kier alpha value is -3.83. The molecule has 6 rings (SSSR count). The second kappa shape index (κ2) is 12.6. The second-order valence-corrected chi connectivity index (χ2v) is 12.2. The number of hydrogen-bond donors (Lipinski definition) is 0. The number of nitrogens with zero attached hydrogens (tertiary/aromatic N) is 5. The number of pyridine rings is 1. The van der Waals surface area contributed by atoms with E-state index in [0.29, 0.717) is 61.0 Å². The van der Waals surface area contributed by atoms with Crippen LogP contribution in [0.5, 0.6) is 5.88 Å². The van der Waals surface area contributed by atoms with E-state index in [1.807, 2.05) is 54.8 Å². The van der Waals surface area contributed by atoms with Gasteiger partial charge in [0.25, 0.3) is 5.56 Å². The molecular formula is C33H40FN5O5. The van der Waals surface area contributed by atoms with Gasteiger partial charge in [-0.1, -0.05) is 30.3 Å². The number of rotatable bonds is 12. The van der Waals surface area contributed by atoms with Crippen LogP contribution in [-0.4, -0.2) is 55.4 Å². The van der Waals surface area contributed by atoms with Gasteiger partial charge in [0.15, 0.2) is 17.5 Å². The molecule has 1 aliphatic heterocycles. The Morgan fingerprint density at radius 1 is 1.11 bits per heavy atom. The summed E-state index contributed by atoms with van der Waals surface area (Å²) in [4.78, 5) is 37.4. The van der Waals surface area contributed by atoms with Gasteiger partial charge >= 0.3 is 5.69 Å². The lowest BCUT2D eigenvalue weighted by atomic mass is 10.2. The third-order valence-corrected chi connectivity index (χ3v) is 8.50. The molecule has 1 saturated heterocycles. The molecule has 1 aromatic carbocycles. The van der Waals surface area contributed by atoms with Gasteiger partial charge in [-0.15, -0.1) is 0 Å². The van der Waals surface area contributed by atoms with Crippen molar-refractivity contribution in [3.63, 3.8) is 0 Å². The summed E-state index contributed by atoms with van der Waals surface area (Å²) in [5, 5.41) is 0. The average molecular weight is 606 g/mol. The third-order valence-electron chi connectivity index (χ3n) is 8.50. The first-order valence-electron chi connectivity index (χ1n) is 15.5. The van der Waals surface area contributed by atoms with E-state index in [1.165, 1.54) is 4.57 Å². The van der Waals surface area contributed by atoms with Crippen LogP contribution in [0.4, 0.5) is 4.39 Å².